The van der Waals surface area contributed by atoms with Crippen molar-refractivity contribution in [3.63, 3.8) is 0 Å². The second kappa shape index (κ2) is 7.36. The minimum Gasteiger partial charge on any atom is -0.326 e. The zero-order chi connectivity index (χ0) is 9.97. The van der Waals surface area contributed by atoms with Crippen LogP contribution in [0, 0.1) is 0 Å². The molecule has 0 unspecified atom stereocenters. The highest BCUT2D eigenvalue weighted by atomic mass is 35.5. The van der Waals surface area contributed by atoms with E-state index in [4.69, 9.17) is 17.3 Å². The topological polar surface area (TPSA) is 29.3 Å². The molecule has 92 valence electrons. The van der Waals surface area contributed by atoms with Crippen molar-refractivity contribution in [1.29, 1.82) is 0 Å². The lowest BCUT2D eigenvalue weighted by molar-refractivity contribution is 0.327. The summed E-state index contributed by atoms with van der Waals surface area (Å²) in [6.45, 7) is 3.00. The van der Waals surface area contributed by atoms with Crippen molar-refractivity contribution in [3.05, 3.63) is 34.9 Å². The zero-order valence-electron chi connectivity index (χ0n) is 8.93. The number of hydrogen-bond acceptors (Lipinski definition) is 2. The zero-order valence-corrected chi connectivity index (χ0v) is 11.3. The first-order chi connectivity index (χ1) is 6.75. The molecular weight excluding hydrogens is 266 g/mol. The van der Waals surface area contributed by atoms with Crippen LogP contribution < -0.4 is 5.73 Å². The lowest BCUT2D eigenvalue weighted by Gasteiger charge is -2.15. The summed E-state index contributed by atoms with van der Waals surface area (Å²) >= 11 is 6.08. The normalized spacial score (nSPS) is 20.0. The van der Waals surface area contributed by atoms with Crippen molar-refractivity contribution in [2.45, 2.75) is 19.0 Å². The molecule has 0 bridgehead atoms. The predicted octanol–water partition coefficient (Wildman–Crippen LogP) is 2.72. The Labute approximate surface area is 114 Å². The fraction of sp³-hybridized carbons (Fsp3) is 0.455. The SMILES string of the molecule is Cl.Cl.N[C@H]1CCN(Cc2ccccc2Cl)C1. The molecule has 1 fully saturated rings. The summed E-state index contributed by atoms with van der Waals surface area (Å²) in [5, 5.41) is 0.855. The van der Waals surface area contributed by atoms with Gasteiger partial charge in [0.05, 0.1) is 0 Å². The van der Waals surface area contributed by atoms with Crippen LogP contribution in [0.5, 0.6) is 0 Å². The van der Waals surface area contributed by atoms with Crippen LogP contribution in [0.25, 0.3) is 0 Å². The Bertz CT molecular complexity index is 320. The van der Waals surface area contributed by atoms with Gasteiger partial charge in [0.1, 0.15) is 0 Å². The fourth-order valence-corrected chi connectivity index (χ4v) is 2.07. The highest BCUT2D eigenvalue weighted by Gasteiger charge is 2.19. The number of nitrogens with two attached hydrogens (primary N) is 1. The van der Waals surface area contributed by atoms with Gasteiger partial charge in [-0.25, -0.2) is 0 Å². The molecule has 0 spiro atoms. The molecule has 0 aliphatic carbocycles. The molecule has 0 amide bonds. The van der Waals surface area contributed by atoms with Crippen molar-refractivity contribution >= 4 is 36.4 Å². The van der Waals surface area contributed by atoms with Gasteiger partial charge in [-0.1, -0.05) is 29.8 Å². The molecular formula is C11H17Cl3N2. The van der Waals surface area contributed by atoms with Crippen LogP contribution in [0.15, 0.2) is 24.3 Å². The number of benzene rings is 1. The Hall–Kier alpha value is 0.01000. The van der Waals surface area contributed by atoms with Gasteiger partial charge in [0.15, 0.2) is 0 Å². The standard InChI is InChI=1S/C11H15ClN2.2ClH/c12-11-4-2-1-3-9(11)7-14-6-5-10(13)8-14;;/h1-4,10H,5-8,13H2;2*1H/t10-;;/m0../s1. The van der Waals surface area contributed by atoms with Crippen molar-refractivity contribution < 1.29 is 0 Å². The molecule has 5 heteroatoms. The van der Waals surface area contributed by atoms with Crippen LogP contribution in [-0.4, -0.2) is 24.0 Å². The Kier molecular flexibility index (Phi) is 7.36. The Morgan fingerprint density at radius 1 is 1.31 bits per heavy atom. The number of rotatable bonds is 2. The van der Waals surface area contributed by atoms with E-state index in [1.807, 2.05) is 18.2 Å². The van der Waals surface area contributed by atoms with Crippen molar-refractivity contribution in [3.8, 4) is 0 Å². The third-order valence-corrected chi connectivity index (χ3v) is 3.03. The van der Waals surface area contributed by atoms with Crippen molar-refractivity contribution in [2.75, 3.05) is 13.1 Å². The fourth-order valence-electron chi connectivity index (χ4n) is 1.87. The van der Waals surface area contributed by atoms with Crippen LogP contribution in [0.4, 0.5) is 0 Å². The van der Waals surface area contributed by atoms with Gasteiger partial charge in [-0.15, -0.1) is 24.8 Å². The molecule has 0 saturated carbocycles. The van der Waals surface area contributed by atoms with Gasteiger partial charge in [0, 0.05) is 30.7 Å². The summed E-state index contributed by atoms with van der Waals surface area (Å²) in [4.78, 5) is 2.35. The van der Waals surface area contributed by atoms with E-state index in [2.05, 4.69) is 11.0 Å². The highest BCUT2D eigenvalue weighted by molar-refractivity contribution is 6.31. The monoisotopic (exact) mass is 282 g/mol. The summed E-state index contributed by atoms with van der Waals surface area (Å²) in [5.74, 6) is 0. The van der Waals surface area contributed by atoms with Gasteiger partial charge in [-0.05, 0) is 18.1 Å². The second-order valence-electron chi connectivity index (χ2n) is 3.88. The second-order valence-corrected chi connectivity index (χ2v) is 4.28. The number of halogens is 3. The Morgan fingerprint density at radius 2 is 2.00 bits per heavy atom. The third kappa shape index (κ3) is 4.11. The van der Waals surface area contributed by atoms with Crippen LogP contribution >= 0.6 is 36.4 Å². The first kappa shape index (κ1) is 16.0. The number of nitrogens with zero attached hydrogens (tertiary/aromatic N) is 1. The summed E-state index contributed by atoms with van der Waals surface area (Å²) in [6, 6.07) is 8.34. The summed E-state index contributed by atoms with van der Waals surface area (Å²) < 4.78 is 0. The summed E-state index contributed by atoms with van der Waals surface area (Å²) in [6.07, 6.45) is 1.10. The van der Waals surface area contributed by atoms with Gasteiger partial charge >= 0.3 is 0 Å². The summed E-state index contributed by atoms with van der Waals surface area (Å²) in [7, 11) is 0. The van der Waals surface area contributed by atoms with Crippen molar-refractivity contribution in [2.24, 2.45) is 5.73 Å². The van der Waals surface area contributed by atoms with Crippen LogP contribution in [0.1, 0.15) is 12.0 Å². The Morgan fingerprint density at radius 3 is 2.56 bits per heavy atom. The predicted molar refractivity (Wildman–Crippen MR) is 73.8 cm³/mol. The largest absolute Gasteiger partial charge is 0.326 e. The van der Waals surface area contributed by atoms with Gasteiger partial charge in [-0.2, -0.15) is 0 Å². The molecule has 1 aromatic carbocycles. The molecule has 1 aromatic rings. The van der Waals surface area contributed by atoms with E-state index in [0.29, 0.717) is 6.04 Å². The maximum atomic E-state index is 6.08. The average Bonchev–Trinajstić information content (AvgIpc) is 2.56. The number of hydrogen-bond donors (Lipinski definition) is 1. The van der Waals surface area contributed by atoms with E-state index in [1.165, 1.54) is 5.56 Å². The average molecular weight is 284 g/mol. The van der Waals surface area contributed by atoms with E-state index in [-0.39, 0.29) is 24.8 Å². The molecule has 1 aliphatic rings. The van der Waals surface area contributed by atoms with E-state index >= 15 is 0 Å². The van der Waals surface area contributed by atoms with E-state index < -0.39 is 0 Å². The minimum atomic E-state index is 0. The lowest BCUT2D eigenvalue weighted by Crippen LogP contribution is -2.26. The molecule has 0 aromatic heterocycles. The number of likely N-dealkylation sites (tertiary alicyclic amines) is 1. The quantitative estimate of drug-likeness (QED) is 0.904. The van der Waals surface area contributed by atoms with E-state index in [9.17, 15) is 0 Å². The molecule has 1 atom stereocenters. The van der Waals surface area contributed by atoms with Gasteiger partial charge < -0.3 is 5.73 Å². The molecule has 1 saturated heterocycles. The van der Waals surface area contributed by atoms with Crippen molar-refractivity contribution in [1.82, 2.24) is 4.90 Å². The van der Waals surface area contributed by atoms with Crippen LogP contribution in [0.3, 0.4) is 0 Å². The van der Waals surface area contributed by atoms with Crippen LogP contribution in [-0.2, 0) is 6.54 Å². The molecule has 2 nitrogen and oxygen atoms in total. The molecule has 1 aliphatic heterocycles. The molecule has 2 N–H and O–H groups in total. The summed E-state index contributed by atoms with van der Waals surface area (Å²) in [5.41, 5.74) is 7.04. The van der Waals surface area contributed by atoms with Gasteiger partial charge in [-0.3, -0.25) is 4.90 Å². The van der Waals surface area contributed by atoms with Gasteiger partial charge in [0.2, 0.25) is 0 Å². The molecule has 1 heterocycles. The van der Waals surface area contributed by atoms with Gasteiger partial charge in [0.25, 0.3) is 0 Å². The smallest absolute Gasteiger partial charge is 0.0451 e. The van der Waals surface area contributed by atoms with E-state index in [1.54, 1.807) is 0 Å². The molecule has 0 radical (unpaired) electrons. The maximum Gasteiger partial charge on any atom is 0.0451 e. The first-order valence-corrected chi connectivity index (χ1v) is 5.35. The maximum absolute atomic E-state index is 6.08. The lowest BCUT2D eigenvalue weighted by atomic mass is 10.2. The Balaban J connectivity index is 0.00000112. The highest BCUT2D eigenvalue weighted by Crippen LogP contribution is 2.19. The molecule has 2 rings (SSSR count). The van der Waals surface area contributed by atoms with Crippen LogP contribution in [0.2, 0.25) is 5.02 Å². The third-order valence-electron chi connectivity index (χ3n) is 2.66. The first-order valence-electron chi connectivity index (χ1n) is 4.97. The minimum absolute atomic E-state index is 0. The molecule has 16 heavy (non-hydrogen) atoms. The van der Waals surface area contributed by atoms with E-state index in [0.717, 1.165) is 31.1 Å².